The summed E-state index contributed by atoms with van der Waals surface area (Å²) in [5.74, 6) is 0. The molecular formula is C6H9BrN2O. The first-order valence-corrected chi connectivity index (χ1v) is 3.92. The standard InChI is InChI=1S/C6H9BrN2O/c7-6-2-4-9(8-6)3-1-5-10/h2,4,10H,1,3,5H2. The number of halogens is 1. The average Bonchev–Trinajstić information content (AvgIpc) is 2.31. The molecule has 0 saturated heterocycles. The van der Waals surface area contributed by atoms with Crippen molar-refractivity contribution >= 4 is 15.9 Å². The van der Waals surface area contributed by atoms with E-state index in [-0.39, 0.29) is 6.61 Å². The van der Waals surface area contributed by atoms with Gasteiger partial charge < -0.3 is 5.11 Å². The Bertz CT molecular complexity index is 199. The van der Waals surface area contributed by atoms with E-state index in [1.165, 1.54) is 0 Å². The van der Waals surface area contributed by atoms with Crippen LogP contribution in [0.25, 0.3) is 0 Å². The molecule has 56 valence electrons. The zero-order valence-corrected chi connectivity index (χ0v) is 7.08. The van der Waals surface area contributed by atoms with Gasteiger partial charge in [-0.25, -0.2) is 0 Å². The molecule has 0 amide bonds. The fraction of sp³-hybridized carbons (Fsp3) is 0.500. The summed E-state index contributed by atoms with van der Waals surface area (Å²) in [5, 5.41) is 12.6. The van der Waals surface area contributed by atoms with Crippen LogP contribution in [0.2, 0.25) is 0 Å². The molecule has 1 rings (SSSR count). The van der Waals surface area contributed by atoms with E-state index in [1.54, 1.807) is 4.68 Å². The Hall–Kier alpha value is -0.350. The Labute approximate surface area is 67.8 Å². The summed E-state index contributed by atoms with van der Waals surface area (Å²) in [4.78, 5) is 0. The largest absolute Gasteiger partial charge is 0.396 e. The van der Waals surface area contributed by atoms with Crippen molar-refractivity contribution in [2.75, 3.05) is 6.61 Å². The molecule has 1 N–H and O–H groups in total. The van der Waals surface area contributed by atoms with Crippen molar-refractivity contribution in [1.29, 1.82) is 0 Å². The van der Waals surface area contributed by atoms with Gasteiger partial charge in [-0.05, 0) is 28.4 Å². The molecule has 1 aromatic heterocycles. The zero-order chi connectivity index (χ0) is 7.40. The minimum atomic E-state index is 0.220. The maximum atomic E-state index is 8.48. The lowest BCUT2D eigenvalue weighted by Crippen LogP contribution is -1.99. The van der Waals surface area contributed by atoms with Gasteiger partial charge in [0.25, 0.3) is 0 Å². The number of hydrogen-bond acceptors (Lipinski definition) is 2. The minimum absolute atomic E-state index is 0.220. The van der Waals surface area contributed by atoms with Crippen molar-refractivity contribution in [3.05, 3.63) is 16.9 Å². The van der Waals surface area contributed by atoms with Gasteiger partial charge in [0.15, 0.2) is 0 Å². The van der Waals surface area contributed by atoms with Gasteiger partial charge >= 0.3 is 0 Å². The first-order chi connectivity index (χ1) is 4.83. The van der Waals surface area contributed by atoms with Gasteiger partial charge in [-0.1, -0.05) is 0 Å². The Morgan fingerprint density at radius 3 is 3.00 bits per heavy atom. The molecule has 0 aliphatic rings. The molecule has 0 bridgehead atoms. The van der Waals surface area contributed by atoms with Crippen molar-refractivity contribution in [3.8, 4) is 0 Å². The molecule has 0 saturated carbocycles. The Morgan fingerprint density at radius 2 is 2.50 bits per heavy atom. The van der Waals surface area contributed by atoms with E-state index >= 15 is 0 Å². The second kappa shape index (κ2) is 3.73. The maximum absolute atomic E-state index is 8.48. The second-order valence-corrected chi connectivity index (χ2v) is 2.79. The van der Waals surface area contributed by atoms with Crippen LogP contribution in [-0.4, -0.2) is 21.5 Å². The van der Waals surface area contributed by atoms with Crippen molar-refractivity contribution in [1.82, 2.24) is 9.78 Å². The lowest BCUT2D eigenvalue weighted by atomic mass is 10.5. The molecule has 3 nitrogen and oxygen atoms in total. The van der Waals surface area contributed by atoms with Crippen LogP contribution >= 0.6 is 15.9 Å². The number of hydrogen-bond donors (Lipinski definition) is 1. The van der Waals surface area contributed by atoms with Crippen molar-refractivity contribution in [2.24, 2.45) is 0 Å². The zero-order valence-electron chi connectivity index (χ0n) is 5.50. The highest BCUT2D eigenvalue weighted by molar-refractivity contribution is 9.10. The molecule has 0 aliphatic heterocycles. The Morgan fingerprint density at radius 1 is 1.70 bits per heavy atom. The summed E-state index contributed by atoms with van der Waals surface area (Å²) in [6.45, 7) is 1.000. The predicted octanol–water partition coefficient (Wildman–Crippen LogP) is 1.03. The lowest BCUT2D eigenvalue weighted by molar-refractivity contribution is 0.277. The van der Waals surface area contributed by atoms with Crippen LogP contribution < -0.4 is 0 Å². The summed E-state index contributed by atoms with van der Waals surface area (Å²) < 4.78 is 2.63. The highest BCUT2D eigenvalue weighted by Crippen LogP contribution is 2.03. The van der Waals surface area contributed by atoms with E-state index in [2.05, 4.69) is 21.0 Å². The molecule has 0 spiro atoms. The minimum Gasteiger partial charge on any atom is -0.396 e. The van der Waals surface area contributed by atoms with E-state index < -0.39 is 0 Å². The highest BCUT2D eigenvalue weighted by atomic mass is 79.9. The molecule has 0 aliphatic carbocycles. The van der Waals surface area contributed by atoms with E-state index in [0.717, 1.165) is 17.6 Å². The molecule has 0 atom stereocenters. The number of aromatic nitrogens is 2. The monoisotopic (exact) mass is 204 g/mol. The Balaban J connectivity index is 2.42. The molecule has 0 unspecified atom stereocenters. The van der Waals surface area contributed by atoms with Crippen LogP contribution in [0.15, 0.2) is 16.9 Å². The number of aliphatic hydroxyl groups excluding tert-OH is 1. The van der Waals surface area contributed by atoms with Gasteiger partial charge in [-0.15, -0.1) is 0 Å². The van der Waals surface area contributed by atoms with Gasteiger partial charge in [-0.2, -0.15) is 5.10 Å². The topological polar surface area (TPSA) is 38.0 Å². The first kappa shape index (κ1) is 7.75. The fourth-order valence-electron chi connectivity index (χ4n) is 0.694. The number of nitrogens with zero attached hydrogens (tertiary/aromatic N) is 2. The van der Waals surface area contributed by atoms with Gasteiger partial charge in [0.1, 0.15) is 4.60 Å². The molecule has 4 heteroatoms. The number of rotatable bonds is 3. The third kappa shape index (κ3) is 2.11. The average molecular weight is 205 g/mol. The smallest absolute Gasteiger partial charge is 0.128 e. The van der Waals surface area contributed by atoms with Crippen LogP contribution in [0.4, 0.5) is 0 Å². The normalized spacial score (nSPS) is 10.2. The van der Waals surface area contributed by atoms with Crippen molar-refractivity contribution in [3.63, 3.8) is 0 Å². The SMILES string of the molecule is OCCCn1ccc(Br)n1. The van der Waals surface area contributed by atoms with Crippen LogP contribution in [0.3, 0.4) is 0 Å². The second-order valence-electron chi connectivity index (χ2n) is 1.98. The van der Waals surface area contributed by atoms with Crippen LogP contribution in [-0.2, 0) is 6.54 Å². The van der Waals surface area contributed by atoms with E-state index in [1.807, 2.05) is 12.3 Å². The third-order valence-electron chi connectivity index (χ3n) is 1.15. The van der Waals surface area contributed by atoms with Crippen LogP contribution in [0, 0.1) is 0 Å². The quantitative estimate of drug-likeness (QED) is 0.800. The predicted molar refractivity (Wildman–Crippen MR) is 41.6 cm³/mol. The molecular weight excluding hydrogens is 196 g/mol. The molecule has 0 radical (unpaired) electrons. The van der Waals surface area contributed by atoms with E-state index in [4.69, 9.17) is 5.11 Å². The van der Waals surface area contributed by atoms with E-state index in [9.17, 15) is 0 Å². The van der Waals surface area contributed by atoms with Crippen LogP contribution in [0.5, 0.6) is 0 Å². The molecule has 0 aromatic carbocycles. The van der Waals surface area contributed by atoms with Gasteiger partial charge in [-0.3, -0.25) is 4.68 Å². The first-order valence-electron chi connectivity index (χ1n) is 3.13. The van der Waals surface area contributed by atoms with Gasteiger partial charge in [0.2, 0.25) is 0 Å². The summed E-state index contributed by atoms with van der Waals surface area (Å²) >= 11 is 3.23. The molecule has 1 heterocycles. The van der Waals surface area contributed by atoms with Crippen molar-refractivity contribution in [2.45, 2.75) is 13.0 Å². The maximum Gasteiger partial charge on any atom is 0.128 e. The summed E-state index contributed by atoms with van der Waals surface area (Å²) in [6, 6.07) is 1.87. The molecule has 10 heavy (non-hydrogen) atoms. The van der Waals surface area contributed by atoms with Crippen LogP contribution in [0.1, 0.15) is 6.42 Å². The van der Waals surface area contributed by atoms with Gasteiger partial charge in [0, 0.05) is 19.3 Å². The molecule has 1 aromatic rings. The van der Waals surface area contributed by atoms with Gasteiger partial charge in [0.05, 0.1) is 0 Å². The Kier molecular flexibility index (Phi) is 2.89. The highest BCUT2D eigenvalue weighted by Gasteiger charge is 1.92. The number of aliphatic hydroxyl groups is 1. The fourth-order valence-corrected chi connectivity index (χ4v) is 1.02. The number of aryl methyl sites for hydroxylation is 1. The lowest BCUT2D eigenvalue weighted by Gasteiger charge is -1.95. The summed E-state index contributed by atoms with van der Waals surface area (Å²) in [7, 11) is 0. The van der Waals surface area contributed by atoms with E-state index in [0.29, 0.717) is 0 Å². The summed E-state index contributed by atoms with van der Waals surface area (Å²) in [5.41, 5.74) is 0. The molecule has 0 fully saturated rings. The summed E-state index contributed by atoms with van der Waals surface area (Å²) in [6.07, 6.45) is 2.63. The third-order valence-corrected chi connectivity index (χ3v) is 1.58. The van der Waals surface area contributed by atoms with Crippen molar-refractivity contribution < 1.29 is 5.11 Å².